The van der Waals surface area contributed by atoms with Gasteiger partial charge in [0.15, 0.2) is 0 Å². The molecule has 0 atom stereocenters. The number of carbonyl (C=O) groups excluding carboxylic acids is 1. The van der Waals surface area contributed by atoms with Gasteiger partial charge in [-0.25, -0.2) is 0 Å². The smallest absolute Gasteiger partial charge is 0.227 e. The summed E-state index contributed by atoms with van der Waals surface area (Å²) in [7, 11) is 0. The highest BCUT2D eigenvalue weighted by molar-refractivity contribution is 5.79. The number of ether oxygens (including phenoxy) is 1. The van der Waals surface area contributed by atoms with E-state index in [1.807, 2.05) is 12.1 Å². The molecule has 21 heavy (non-hydrogen) atoms. The lowest BCUT2D eigenvalue weighted by Crippen LogP contribution is -2.48. The third kappa shape index (κ3) is 3.29. The second-order valence-corrected chi connectivity index (χ2v) is 6.63. The van der Waals surface area contributed by atoms with Gasteiger partial charge in [0.2, 0.25) is 5.91 Å². The van der Waals surface area contributed by atoms with Crippen LogP contribution in [-0.2, 0) is 16.0 Å². The van der Waals surface area contributed by atoms with Gasteiger partial charge in [0.1, 0.15) is 0 Å². The maximum absolute atomic E-state index is 12.6. The number of rotatable bonds is 2. The predicted octanol–water partition coefficient (Wildman–Crippen LogP) is 2.96. The SMILES string of the molecule is Cc1ccccc1CC(=O)N1CCCC2(CCOCC2)C1. The second-order valence-electron chi connectivity index (χ2n) is 6.63. The van der Waals surface area contributed by atoms with Crippen LogP contribution < -0.4 is 0 Å². The molecule has 2 fully saturated rings. The van der Waals surface area contributed by atoms with E-state index in [9.17, 15) is 4.79 Å². The lowest BCUT2D eigenvalue weighted by molar-refractivity contribution is -0.136. The van der Waals surface area contributed by atoms with E-state index in [1.165, 1.54) is 12.0 Å². The van der Waals surface area contributed by atoms with Gasteiger partial charge in [-0.1, -0.05) is 24.3 Å². The predicted molar refractivity (Wildman–Crippen MR) is 83.2 cm³/mol. The zero-order chi connectivity index (χ0) is 14.7. The first-order chi connectivity index (χ1) is 10.2. The number of hydrogen-bond donors (Lipinski definition) is 0. The minimum Gasteiger partial charge on any atom is -0.381 e. The summed E-state index contributed by atoms with van der Waals surface area (Å²) in [6.45, 7) is 5.66. The van der Waals surface area contributed by atoms with Crippen LogP contribution >= 0.6 is 0 Å². The highest BCUT2D eigenvalue weighted by atomic mass is 16.5. The Kier molecular flexibility index (Phi) is 4.29. The molecule has 3 rings (SSSR count). The van der Waals surface area contributed by atoms with Crippen LogP contribution in [0.15, 0.2) is 24.3 Å². The van der Waals surface area contributed by atoms with Gasteiger partial charge in [-0.05, 0) is 49.1 Å². The lowest BCUT2D eigenvalue weighted by Gasteiger charge is -2.45. The summed E-state index contributed by atoms with van der Waals surface area (Å²) in [6, 6.07) is 8.20. The van der Waals surface area contributed by atoms with E-state index >= 15 is 0 Å². The van der Waals surface area contributed by atoms with Gasteiger partial charge in [-0.2, -0.15) is 0 Å². The van der Waals surface area contributed by atoms with Crippen molar-refractivity contribution in [1.29, 1.82) is 0 Å². The van der Waals surface area contributed by atoms with E-state index in [1.54, 1.807) is 0 Å². The molecule has 114 valence electrons. The van der Waals surface area contributed by atoms with Crippen LogP contribution in [0.25, 0.3) is 0 Å². The highest BCUT2D eigenvalue weighted by Crippen LogP contribution is 2.39. The Morgan fingerprint density at radius 2 is 2.00 bits per heavy atom. The third-order valence-corrected chi connectivity index (χ3v) is 5.17. The molecule has 0 bridgehead atoms. The average molecular weight is 287 g/mol. The van der Waals surface area contributed by atoms with E-state index in [0.717, 1.165) is 51.1 Å². The van der Waals surface area contributed by atoms with E-state index < -0.39 is 0 Å². The minimum atomic E-state index is 0.287. The van der Waals surface area contributed by atoms with Crippen molar-refractivity contribution >= 4 is 5.91 Å². The fraction of sp³-hybridized carbons (Fsp3) is 0.611. The highest BCUT2D eigenvalue weighted by Gasteiger charge is 2.38. The number of hydrogen-bond acceptors (Lipinski definition) is 2. The van der Waals surface area contributed by atoms with Crippen molar-refractivity contribution in [1.82, 2.24) is 4.90 Å². The van der Waals surface area contributed by atoms with Crippen LogP contribution in [0.1, 0.15) is 36.8 Å². The fourth-order valence-corrected chi connectivity index (χ4v) is 3.72. The number of benzene rings is 1. The van der Waals surface area contributed by atoms with Crippen molar-refractivity contribution in [3.05, 3.63) is 35.4 Å². The van der Waals surface area contributed by atoms with Gasteiger partial charge in [0.05, 0.1) is 6.42 Å². The van der Waals surface area contributed by atoms with Crippen molar-refractivity contribution in [3.63, 3.8) is 0 Å². The molecule has 0 radical (unpaired) electrons. The minimum absolute atomic E-state index is 0.287. The van der Waals surface area contributed by atoms with Gasteiger partial charge < -0.3 is 9.64 Å². The van der Waals surface area contributed by atoms with Gasteiger partial charge in [0.25, 0.3) is 0 Å². The number of piperidine rings is 1. The zero-order valence-electron chi connectivity index (χ0n) is 12.9. The molecule has 1 aromatic carbocycles. The maximum atomic E-state index is 12.6. The summed E-state index contributed by atoms with van der Waals surface area (Å²) in [5.74, 6) is 0.287. The first-order valence-corrected chi connectivity index (χ1v) is 8.09. The first kappa shape index (κ1) is 14.6. The molecule has 0 N–H and O–H groups in total. The van der Waals surface area contributed by atoms with Crippen molar-refractivity contribution in [3.8, 4) is 0 Å². The standard InChI is InChI=1S/C18H25NO2/c1-15-5-2-3-6-16(15)13-17(20)19-10-4-7-18(14-19)8-11-21-12-9-18/h2-3,5-6H,4,7-14H2,1H3. The van der Waals surface area contributed by atoms with E-state index in [4.69, 9.17) is 4.74 Å². The molecular weight excluding hydrogens is 262 g/mol. The molecule has 2 heterocycles. The zero-order valence-corrected chi connectivity index (χ0v) is 12.9. The van der Waals surface area contributed by atoms with E-state index in [0.29, 0.717) is 11.8 Å². The summed E-state index contributed by atoms with van der Waals surface area (Å²) < 4.78 is 5.50. The first-order valence-electron chi connectivity index (χ1n) is 8.09. The largest absolute Gasteiger partial charge is 0.381 e. The molecule has 2 saturated heterocycles. The Morgan fingerprint density at radius 1 is 1.24 bits per heavy atom. The monoisotopic (exact) mass is 287 g/mol. The molecule has 3 nitrogen and oxygen atoms in total. The maximum Gasteiger partial charge on any atom is 0.227 e. The van der Waals surface area contributed by atoms with Crippen LogP contribution in [0.2, 0.25) is 0 Å². The molecule has 0 aromatic heterocycles. The molecule has 1 aromatic rings. The average Bonchev–Trinajstić information content (AvgIpc) is 2.50. The Morgan fingerprint density at radius 3 is 2.76 bits per heavy atom. The van der Waals surface area contributed by atoms with Crippen molar-refractivity contribution in [2.75, 3.05) is 26.3 Å². The molecule has 3 heteroatoms. The van der Waals surface area contributed by atoms with E-state index in [2.05, 4.69) is 24.0 Å². The van der Waals surface area contributed by atoms with Gasteiger partial charge in [0, 0.05) is 26.3 Å². The molecule has 1 amide bonds. The van der Waals surface area contributed by atoms with Crippen LogP contribution in [0.4, 0.5) is 0 Å². The van der Waals surface area contributed by atoms with Crippen LogP contribution in [0.5, 0.6) is 0 Å². The number of amides is 1. The number of likely N-dealkylation sites (tertiary alicyclic amines) is 1. The lowest BCUT2D eigenvalue weighted by atomic mass is 9.74. The summed E-state index contributed by atoms with van der Waals surface area (Å²) in [6.07, 6.45) is 5.16. The number of nitrogens with zero attached hydrogens (tertiary/aromatic N) is 1. The Labute approximate surface area is 127 Å². The molecule has 1 spiro atoms. The Bertz CT molecular complexity index is 500. The Hall–Kier alpha value is -1.35. The summed E-state index contributed by atoms with van der Waals surface area (Å²) >= 11 is 0. The van der Waals surface area contributed by atoms with Crippen LogP contribution in [0.3, 0.4) is 0 Å². The molecule has 0 aliphatic carbocycles. The van der Waals surface area contributed by atoms with E-state index in [-0.39, 0.29) is 5.91 Å². The van der Waals surface area contributed by atoms with Gasteiger partial charge >= 0.3 is 0 Å². The second kappa shape index (κ2) is 6.18. The Balaban J connectivity index is 1.66. The number of carbonyl (C=O) groups is 1. The van der Waals surface area contributed by atoms with Crippen molar-refractivity contribution in [2.45, 2.75) is 39.0 Å². The normalized spacial score (nSPS) is 21.5. The molecule has 2 aliphatic rings. The van der Waals surface area contributed by atoms with Gasteiger partial charge in [-0.15, -0.1) is 0 Å². The molecule has 2 aliphatic heterocycles. The van der Waals surface area contributed by atoms with Gasteiger partial charge in [-0.3, -0.25) is 4.79 Å². The topological polar surface area (TPSA) is 29.5 Å². The third-order valence-electron chi connectivity index (χ3n) is 5.17. The van der Waals surface area contributed by atoms with Crippen molar-refractivity contribution < 1.29 is 9.53 Å². The summed E-state index contributed by atoms with van der Waals surface area (Å²) in [4.78, 5) is 14.7. The summed E-state index contributed by atoms with van der Waals surface area (Å²) in [5, 5.41) is 0. The van der Waals surface area contributed by atoms with Crippen molar-refractivity contribution in [2.24, 2.45) is 5.41 Å². The molecule has 0 unspecified atom stereocenters. The van der Waals surface area contributed by atoms with Crippen LogP contribution in [0, 0.1) is 12.3 Å². The molecule has 0 saturated carbocycles. The quantitative estimate of drug-likeness (QED) is 0.837. The number of aryl methyl sites for hydroxylation is 1. The summed E-state index contributed by atoms with van der Waals surface area (Å²) in [5.41, 5.74) is 2.70. The molecular formula is C18H25NO2. The van der Waals surface area contributed by atoms with Crippen LogP contribution in [-0.4, -0.2) is 37.1 Å². The fourth-order valence-electron chi connectivity index (χ4n) is 3.72.